The molecule has 2 rings (SSSR count). The monoisotopic (exact) mass is 306 g/mol. The fourth-order valence-electron chi connectivity index (χ4n) is 2.13. The van der Waals surface area contributed by atoms with Crippen LogP contribution in [0.3, 0.4) is 0 Å². The second kappa shape index (κ2) is 7.25. The molecule has 0 spiro atoms. The molecule has 1 fully saturated rings. The summed E-state index contributed by atoms with van der Waals surface area (Å²) in [5.41, 5.74) is 0.901. The molecule has 1 saturated heterocycles. The lowest BCUT2D eigenvalue weighted by Gasteiger charge is -2.20. The molecule has 112 valence electrons. The fraction of sp³-hybridized carbons (Fsp3) is 0.467. The van der Waals surface area contributed by atoms with Gasteiger partial charge in [0.15, 0.2) is 0 Å². The largest absolute Gasteiger partial charge is 0.395 e. The number of aliphatic hydroxyl groups excluding tert-OH is 1. The number of nitrogens with zero attached hydrogens (tertiary/aromatic N) is 1. The van der Waals surface area contributed by atoms with Gasteiger partial charge in [-0.3, -0.25) is 9.59 Å². The number of likely N-dealkylation sites (N-methyl/N-ethyl adjacent to an activating group) is 1. The Balaban J connectivity index is 1.91. The minimum Gasteiger partial charge on any atom is -0.395 e. The van der Waals surface area contributed by atoms with Gasteiger partial charge in [0.2, 0.25) is 11.8 Å². The fourth-order valence-corrected chi connectivity index (χ4v) is 3.00. The van der Waals surface area contributed by atoms with Gasteiger partial charge in [0.1, 0.15) is 6.04 Å². The van der Waals surface area contributed by atoms with Gasteiger partial charge < -0.3 is 15.3 Å². The van der Waals surface area contributed by atoms with Crippen LogP contribution >= 0.6 is 11.3 Å². The Morgan fingerprint density at radius 2 is 2.43 bits per heavy atom. The van der Waals surface area contributed by atoms with Crippen LogP contribution < -0.4 is 5.32 Å². The predicted molar refractivity (Wildman–Crippen MR) is 80.5 cm³/mol. The van der Waals surface area contributed by atoms with E-state index in [4.69, 9.17) is 5.11 Å². The summed E-state index contributed by atoms with van der Waals surface area (Å²) in [6.45, 7) is 0.575. The number of hydrogen-bond acceptors (Lipinski definition) is 4. The van der Waals surface area contributed by atoms with Crippen LogP contribution in [0.1, 0.15) is 29.7 Å². The third-order valence-corrected chi connectivity index (χ3v) is 4.11. The van der Waals surface area contributed by atoms with Crippen LogP contribution in [-0.4, -0.2) is 41.5 Å². The van der Waals surface area contributed by atoms with Crippen molar-refractivity contribution in [1.29, 1.82) is 0 Å². The maximum absolute atomic E-state index is 12.2. The zero-order valence-corrected chi connectivity index (χ0v) is 12.7. The van der Waals surface area contributed by atoms with Crippen molar-refractivity contribution < 1.29 is 14.7 Å². The van der Waals surface area contributed by atoms with Gasteiger partial charge >= 0.3 is 0 Å². The molecule has 6 heteroatoms. The first-order chi connectivity index (χ1) is 10.1. The lowest BCUT2D eigenvalue weighted by atomic mass is 10.2. The number of hydrogen-bond donors (Lipinski definition) is 2. The zero-order valence-electron chi connectivity index (χ0n) is 11.9. The summed E-state index contributed by atoms with van der Waals surface area (Å²) in [6.07, 6.45) is 1.46. The molecule has 1 aromatic heterocycles. The highest BCUT2D eigenvalue weighted by molar-refractivity contribution is 7.10. The number of aliphatic hydroxyl groups is 1. The molecule has 0 bridgehead atoms. The van der Waals surface area contributed by atoms with E-state index in [1.54, 1.807) is 23.3 Å². The van der Waals surface area contributed by atoms with Gasteiger partial charge in [-0.05, 0) is 12.5 Å². The molecule has 1 aliphatic rings. The molecular formula is C15H18N2O3S. The standard InChI is InChI=1S/C15H18N2O3S/c1-17(15(20)13-5-6-14(19)16-13)9-12-8-11(10-21-12)4-2-3-7-18/h8,10,13,18H,3,5-7,9H2,1H3,(H,16,19). The first-order valence-corrected chi connectivity index (χ1v) is 7.69. The van der Waals surface area contributed by atoms with Crippen molar-refractivity contribution in [3.8, 4) is 11.8 Å². The number of amides is 2. The van der Waals surface area contributed by atoms with Crippen LogP contribution in [0.5, 0.6) is 0 Å². The summed E-state index contributed by atoms with van der Waals surface area (Å²) in [6, 6.07) is 1.57. The van der Waals surface area contributed by atoms with Gasteiger partial charge in [-0.2, -0.15) is 0 Å². The normalized spacial score (nSPS) is 17.0. The van der Waals surface area contributed by atoms with Crippen molar-refractivity contribution in [2.45, 2.75) is 31.8 Å². The minimum absolute atomic E-state index is 0.0536. The molecule has 1 unspecified atom stereocenters. The lowest BCUT2D eigenvalue weighted by molar-refractivity contribution is -0.133. The predicted octanol–water partition coefficient (Wildman–Crippen LogP) is 0.719. The highest BCUT2D eigenvalue weighted by Gasteiger charge is 2.29. The van der Waals surface area contributed by atoms with E-state index in [0.717, 1.165) is 10.4 Å². The highest BCUT2D eigenvalue weighted by atomic mass is 32.1. The first-order valence-electron chi connectivity index (χ1n) is 6.81. The number of carbonyl (C=O) groups excluding carboxylic acids is 2. The second-order valence-electron chi connectivity index (χ2n) is 4.93. The van der Waals surface area contributed by atoms with Crippen molar-refractivity contribution in [3.63, 3.8) is 0 Å². The van der Waals surface area contributed by atoms with E-state index in [2.05, 4.69) is 17.2 Å². The zero-order chi connectivity index (χ0) is 15.2. The van der Waals surface area contributed by atoms with E-state index < -0.39 is 0 Å². The smallest absolute Gasteiger partial charge is 0.245 e. The van der Waals surface area contributed by atoms with Crippen LogP contribution in [-0.2, 0) is 16.1 Å². The van der Waals surface area contributed by atoms with Crippen LogP contribution in [0, 0.1) is 11.8 Å². The Bertz CT molecular complexity index is 585. The Hall–Kier alpha value is -1.84. The van der Waals surface area contributed by atoms with Gasteiger partial charge in [-0.1, -0.05) is 11.8 Å². The maximum atomic E-state index is 12.2. The molecule has 0 radical (unpaired) electrons. The Morgan fingerprint density at radius 1 is 1.62 bits per heavy atom. The third kappa shape index (κ3) is 4.31. The topological polar surface area (TPSA) is 69.6 Å². The van der Waals surface area contributed by atoms with Crippen LogP contribution in [0.2, 0.25) is 0 Å². The molecule has 21 heavy (non-hydrogen) atoms. The van der Waals surface area contributed by atoms with E-state index in [0.29, 0.717) is 25.8 Å². The molecule has 5 nitrogen and oxygen atoms in total. The van der Waals surface area contributed by atoms with E-state index in [1.807, 2.05) is 11.4 Å². The van der Waals surface area contributed by atoms with Crippen LogP contribution in [0.25, 0.3) is 0 Å². The third-order valence-electron chi connectivity index (χ3n) is 3.19. The van der Waals surface area contributed by atoms with Gasteiger partial charge in [0.05, 0.1) is 13.2 Å². The number of nitrogens with one attached hydrogen (secondary N) is 1. The summed E-state index contributed by atoms with van der Waals surface area (Å²) in [5.74, 6) is 5.73. The summed E-state index contributed by atoms with van der Waals surface area (Å²) in [5, 5.41) is 13.3. The summed E-state index contributed by atoms with van der Waals surface area (Å²) in [4.78, 5) is 26.0. The van der Waals surface area contributed by atoms with E-state index in [1.165, 1.54) is 0 Å². The number of rotatable bonds is 4. The quantitative estimate of drug-likeness (QED) is 0.805. The van der Waals surface area contributed by atoms with E-state index >= 15 is 0 Å². The molecule has 2 N–H and O–H groups in total. The van der Waals surface area contributed by atoms with Gasteiger partial charge in [0.25, 0.3) is 0 Å². The van der Waals surface area contributed by atoms with E-state index in [9.17, 15) is 9.59 Å². The molecule has 0 aliphatic carbocycles. The highest BCUT2D eigenvalue weighted by Crippen LogP contribution is 2.17. The van der Waals surface area contributed by atoms with Gasteiger partial charge in [0, 0.05) is 35.7 Å². The molecule has 2 amide bonds. The van der Waals surface area contributed by atoms with Crippen molar-refractivity contribution >= 4 is 23.2 Å². The molecular weight excluding hydrogens is 288 g/mol. The van der Waals surface area contributed by atoms with Crippen LogP contribution in [0.15, 0.2) is 11.4 Å². The SMILES string of the molecule is CN(Cc1cc(C#CCCO)cs1)C(=O)C1CCC(=O)N1. The van der Waals surface area contributed by atoms with Crippen molar-refractivity contribution in [1.82, 2.24) is 10.2 Å². The average Bonchev–Trinajstić information content (AvgIpc) is 3.07. The van der Waals surface area contributed by atoms with Crippen LogP contribution in [0.4, 0.5) is 0 Å². The molecule has 0 saturated carbocycles. The van der Waals surface area contributed by atoms with Gasteiger partial charge in [-0.25, -0.2) is 0 Å². The number of thiophene rings is 1. The summed E-state index contributed by atoms with van der Waals surface area (Å²) in [7, 11) is 1.74. The Morgan fingerprint density at radius 3 is 3.10 bits per heavy atom. The van der Waals surface area contributed by atoms with Crippen molar-refractivity contribution in [3.05, 3.63) is 21.9 Å². The maximum Gasteiger partial charge on any atom is 0.245 e. The van der Waals surface area contributed by atoms with E-state index in [-0.39, 0.29) is 24.5 Å². The lowest BCUT2D eigenvalue weighted by Crippen LogP contribution is -2.42. The summed E-state index contributed by atoms with van der Waals surface area (Å²) < 4.78 is 0. The summed E-state index contributed by atoms with van der Waals surface area (Å²) >= 11 is 1.55. The van der Waals surface area contributed by atoms with Crippen molar-refractivity contribution in [2.24, 2.45) is 0 Å². The minimum atomic E-state index is -0.383. The molecule has 1 aliphatic heterocycles. The Labute approximate surface area is 128 Å². The molecule has 2 heterocycles. The average molecular weight is 306 g/mol. The molecule has 0 aromatic carbocycles. The Kier molecular flexibility index (Phi) is 5.37. The molecule has 1 aromatic rings. The first kappa shape index (κ1) is 15.5. The number of carbonyl (C=O) groups is 2. The molecule has 1 atom stereocenters. The van der Waals surface area contributed by atoms with Gasteiger partial charge in [-0.15, -0.1) is 11.3 Å². The van der Waals surface area contributed by atoms with Crippen molar-refractivity contribution in [2.75, 3.05) is 13.7 Å². The second-order valence-corrected chi connectivity index (χ2v) is 5.93.